The zero-order valence-electron chi connectivity index (χ0n) is 18.3. The number of carbonyl (C=O) groups excluding carboxylic acids is 1. The van der Waals surface area contributed by atoms with E-state index in [0.29, 0.717) is 33.8 Å². The van der Waals surface area contributed by atoms with E-state index in [4.69, 9.17) is 19.9 Å². The van der Waals surface area contributed by atoms with Crippen LogP contribution in [0.4, 0.5) is 10.2 Å². The van der Waals surface area contributed by atoms with E-state index < -0.39 is 5.97 Å². The number of carbonyl (C=O) groups is 1. The number of thiophene rings is 1. The number of fused-ring (bicyclic) bond motifs is 1. The molecule has 0 saturated carbocycles. The first-order valence-electron chi connectivity index (χ1n) is 10.4. The lowest BCUT2D eigenvalue weighted by Crippen LogP contribution is -2.06. The van der Waals surface area contributed by atoms with Crippen molar-refractivity contribution in [1.29, 1.82) is 0 Å². The molecular formula is C25H23FN2O4S. The van der Waals surface area contributed by atoms with Crippen molar-refractivity contribution in [2.75, 3.05) is 12.3 Å². The number of anilines is 1. The zero-order valence-corrected chi connectivity index (χ0v) is 19.1. The number of hydrogen-bond acceptors (Lipinski definition) is 7. The molecule has 4 rings (SSSR count). The highest BCUT2D eigenvalue weighted by atomic mass is 32.1. The van der Waals surface area contributed by atoms with Gasteiger partial charge in [-0.25, -0.2) is 14.2 Å². The molecule has 0 unspecified atom stereocenters. The van der Waals surface area contributed by atoms with E-state index in [1.807, 2.05) is 24.4 Å². The molecule has 2 aromatic carbocycles. The second-order valence-corrected chi connectivity index (χ2v) is 8.27. The van der Waals surface area contributed by atoms with Crippen LogP contribution >= 0.6 is 11.3 Å². The molecule has 0 aliphatic rings. The molecule has 6 nitrogen and oxygen atoms in total. The minimum absolute atomic E-state index is 0.115. The fraction of sp³-hybridized carbons (Fsp3) is 0.200. The van der Waals surface area contributed by atoms with Gasteiger partial charge in [-0.15, -0.1) is 11.3 Å². The molecule has 0 fully saturated rings. The zero-order chi connectivity index (χ0) is 23.4. The largest absolute Gasteiger partial charge is 0.489 e. The standard InChI is InChI=1S/C25H23FN2O4S/c1-3-30-25(29)20-11-28-24(27)22-17(14-33-23(20)22)13-32-19-9-15(2)8-18(10-19)31-12-16-6-4-5-7-21(16)26/h4-11,14H,3,12-13H2,1-2H3,(H2,27,28). The number of halogens is 1. The third-order valence-electron chi connectivity index (χ3n) is 4.97. The van der Waals surface area contributed by atoms with Gasteiger partial charge in [-0.2, -0.15) is 0 Å². The topological polar surface area (TPSA) is 83.7 Å². The summed E-state index contributed by atoms with van der Waals surface area (Å²) < 4.78 is 31.5. The number of rotatable bonds is 8. The highest BCUT2D eigenvalue weighted by Crippen LogP contribution is 2.34. The van der Waals surface area contributed by atoms with Gasteiger partial charge in [0.15, 0.2) is 0 Å². The highest BCUT2D eigenvalue weighted by Gasteiger charge is 2.18. The van der Waals surface area contributed by atoms with Crippen LogP contribution < -0.4 is 15.2 Å². The van der Waals surface area contributed by atoms with E-state index in [0.717, 1.165) is 15.8 Å². The fourth-order valence-electron chi connectivity index (χ4n) is 3.41. The second kappa shape index (κ2) is 9.87. The smallest absolute Gasteiger partial charge is 0.341 e. The van der Waals surface area contributed by atoms with Crippen molar-refractivity contribution in [3.63, 3.8) is 0 Å². The lowest BCUT2D eigenvalue weighted by Gasteiger charge is -2.12. The van der Waals surface area contributed by atoms with Crippen LogP contribution in [0, 0.1) is 12.7 Å². The maximum absolute atomic E-state index is 13.9. The summed E-state index contributed by atoms with van der Waals surface area (Å²) in [6.45, 7) is 4.30. The first-order valence-corrected chi connectivity index (χ1v) is 11.3. The summed E-state index contributed by atoms with van der Waals surface area (Å²) in [4.78, 5) is 16.4. The van der Waals surface area contributed by atoms with Crippen LogP contribution in [0.15, 0.2) is 54.0 Å². The van der Waals surface area contributed by atoms with Gasteiger partial charge in [-0.05, 0) is 43.0 Å². The van der Waals surface area contributed by atoms with E-state index in [9.17, 15) is 9.18 Å². The van der Waals surface area contributed by atoms with Crippen molar-refractivity contribution in [1.82, 2.24) is 4.98 Å². The summed E-state index contributed by atoms with van der Waals surface area (Å²) in [5, 5.41) is 2.59. The summed E-state index contributed by atoms with van der Waals surface area (Å²) in [5.74, 6) is 0.773. The van der Waals surface area contributed by atoms with Crippen molar-refractivity contribution < 1.29 is 23.4 Å². The first kappa shape index (κ1) is 22.5. The van der Waals surface area contributed by atoms with Gasteiger partial charge in [0.05, 0.1) is 16.9 Å². The fourth-order valence-corrected chi connectivity index (χ4v) is 4.47. The van der Waals surface area contributed by atoms with E-state index in [-0.39, 0.29) is 25.6 Å². The van der Waals surface area contributed by atoms with Gasteiger partial charge in [0.1, 0.15) is 36.3 Å². The van der Waals surface area contributed by atoms with E-state index in [1.165, 1.54) is 23.6 Å². The number of ether oxygens (including phenoxy) is 3. The average molecular weight is 467 g/mol. The van der Waals surface area contributed by atoms with Crippen molar-refractivity contribution in [2.24, 2.45) is 0 Å². The number of aryl methyl sites for hydroxylation is 1. The number of nitrogens with two attached hydrogens (primary N) is 1. The molecular weight excluding hydrogens is 443 g/mol. The molecule has 0 radical (unpaired) electrons. The molecule has 0 saturated heterocycles. The molecule has 0 atom stereocenters. The lowest BCUT2D eigenvalue weighted by atomic mass is 10.1. The third-order valence-corrected chi connectivity index (χ3v) is 6.03. The molecule has 0 amide bonds. The van der Waals surface area contributed by atoms with E-state index in [1.54, 1.807) is 31.2 Å². The van der Waals surface area contributed by atoms with Gasteiger partial charge >= 0.3 is 5.97 Å². The van der Waals surface area contributed by atoms with Gasteiger partial charge in [0.25, 0.3) is 0 Å². The molecule has 0 aliphatic carbocycles. The number of esters is 1. The van der Waals surface area contributed by atoms with Gasteiger partial charge in [-0.3, -0.25) is 0 Å². The van der Waals surface area contributed by atoms with Gasteiger partial charge in [0.2, 0.25) is 0 Å². The van der Waals surface area contributed by atoms with Crippen LogP contribution in [-0.4, -0.2) is 17.6 Å². The molecule has 0 aliphatic heterocycles. The Bertz CT molecular complexity index is 1310. The molecule has 2 N–H and O–H groups in total. The maximum atomic E-state index is 13.9. The first-order chi connectivity index (χ1) is 16.0. The normalized spacial score (nSPS) is 10.9. The Labute approximate surface area is 194 Å². The number of nitrogens with zero attached hydrogens (tertiary/aromatic N) is 1. The number of hydrogen-bond donors (Lipinski definition) is 1. The number of benzene rings is 2. The Balaban J connectivity index is 1.52. The molecule has 0 spiro atoms. The predicted octanol–water partition coefficient (Wildman–Crippen LogP) is 5.66. The molecule has 2 aromatic heterocycles. The van der Waals surface area contributed by atoms with Crippen LogP contribution in [0.3, 0.4) is 0 Å². The lowest BCUT2D eigenvalue weighted by molar-refractivity contribution is 0.0528. The van der Waals surface area contributed by atoms with Gasteiger partial charge in [0, 0.05) is 28.8 Å². The predicted molar refractivity (Wildman–Crippen MR) is 126 cm³/mol. The number of aromatic nitrogens is 1. The molecule has 0 bridgehead atoms. The molecule has 170 valence electrons. The Morgan fingerprint density at radius 3 is 2.48 bits per heavy atom. The Morgan fingerprint density at radius 1 is 1.09 bits per heavy atom. The average Bonchev–Trinajstić information content (AvgIpc) is 3.22. The second-order valence-electron chi connectivity index (χ2n) is 7.39. The molecule has 2 heterocycles. The summed E-state index contributed by atoms with van der Waals surface area (Å²) in [7, 11) is 0. The van der Waals surface area contributed by atoms with E-state index in [2.05, 4.69) is 4.98 Å². The minimum Gasteiger partial charge on any atom is -0.489 e. The summed E-state index contributed by atoms with van der Waals surface area (Å²) in [6.07, 6.45) is 1.44. The van der Waals surface area contributed by atoms with Crippen LogP contribution in [0.2, 0.25) is 0 Å². The summed E-state index contributed by atoms with van der Waals surface area (Å²) in [6, 6.07) is 12.0. The van der Waals surface area contributed by atoms with Crippen molar-refractivity contribution >= 4 is 33.2 Å². The summed E-state index contributed by atoms with van der Waals surface area (Å²) >= 11 is 1.40. The maximum Gasteiger partial charge on any atom is 0.341 e. The van der Waals surface area contributed by atoms with Crippen LogP contribution in [-0.2, 0) is 18.0 Å². The Kier molecular flexibility index (Phi) is 6.74. The quantitative estimate of drug-likeness (QED) is 0.337. The van der Waals surface area contributed by atoms with E-state index >= 15 is 0 Å². The molecule has 33 heavy (non-hydrogen) atoms. The Hall–Kier alpha value is -3.65. The monoisotopic (exact) mass is 466 g/mol. The molecule has 4 aromatic rings. The van der Waals surface area contributed by atoms with Crippen LogP contribution in [0.5, 0.6) is 11.5 Å². The van der Waals surface area contributed by atoms with Crippen LogP contribution in [0.1, 0.15) is 34.0 Å². The molecule has 8 heteroatoms. The van der Waals surface area contributed by atoms with Gasteiger partial charge < -0.3 is 19.9 Å². The van der Waals surface area contributed by atoms with Gasteiger partial charge in [-0.1, -0.05) is 18.2 Å². The number of pyridine rings is 1. The summed E-state index contributed by atoms with van der Waals surface area (Å²) in [5.41, 5.74) is 8.73. The van der Waals surface area contributed by atoms with Crippen LogP contribution in [0.25, 0.3) is 10.1 Å². The SMILES string of the molecule is CCOC(=O)c1cnc(N)c2c(COc3cc(C)cc(OCc4ccccc4F)c3)csc12. The Morgan fingerprint density at radius 2 is 1.79 bits per heavy atom. The van der Waals surface area contributed by atoms with Crippen molar-refractivity contribution in [3.8, 4) is 11.5 Å². The minimum atomic E-state index is -0.431. The number of nitrogen functional groups attached to an aromatic ring is 1. The van der Waals surface area contributed by atoms with Crippen molar-refractivity contribution in [2.45, 2.75) is 27.1 Å². The highest BCUT2D eigenvalue weighted by molar-refractivity contribution is 7.17. The van der Waals surface area contributed by atoms with Crippen molar-refractivity contribution in [3.05, 3.63) is 82.1 Å². The third kappa shape index (κ3) is 5.06.